The van der Waals surface area contributed by atoms with E-state index in [0.29, 0.717) is 0 Å². The van der Waals surface area contributed by atoms with Crippen molar-refractivity contribution in [1.29, 1.82) is 0 Å². The Morgan fingerprint density at radius 3 is 1.92 bits per heavy atom. The van der Waals surface area contributed by atoms with Gasteiger partial charge in [-0.05, 0) is 84.6 Å². The van der Waals surface area contributed by atoms with Crippen LogP contribution in [-0.2, 0) is 0 Å². The first-order chi connectivity index (χ1) is 24.7. The summed E-state index contributed by atoms with van der Waals surface area (Å²) in [6.45, 7) is 8.30. The largest absolute Gasteiger partial charge is 0.456 e. The van der Waals surface area contributed by atoms with E-state index in [9.17, 15) is 0 Å². The van der Waals surface area contributed by atoms with Crippen molar-refractivity contribution in [2.75, 3.05) is 0 Å². The average Bonchev–Trinajstić information content (AvgIpc) is 3.74. The van der Waals surface area contributed by atoms with Gasteiger partial charge in [-0.25, -0.2) is 0 Å². The molecule has 2 aromatic heterocycles. The van der Waals surface area contributed by atoms with Crippen LogP contribution in [-0.4, -0.2) is 0 Å². The fourth-order valence-electron chi connectivity index (χ4n) is 7.92. The van der Waals surface area contributed by atoms with Gasteiger partial charge in [-0.1, -0.05) is 147 Å². The molecule has 0 aliphatic rings. The lowest BCUT2D eigenvalue weighted by atomic mass is 9.86. The summed E-state index contributed by atoms with van der Waals surface area (Å²) in [5.41, 5.74) is 8.88. The van der Waals surface area contributed by atoms with Gasteiger partial charge in [0.1, 0.15) is 11.2 Å². The lowest BCUT2D eigenvalue weighted by Crippen LogP contribution is -1.92. The van der Waals surface area contributed by atoms with Gasteiger partial charge in [0.25, 0.3) is 0 Å². The minimum atomic E-state index is 0.932. The zero-order valence-electron chi connectivity index (χ0n) is 27.2. The van der Waals surface area contributed by atoms with E-state index in [2.05, 4.69) is 147 Å². The van der Waals surface area contributed by atoms with Crippen LogP contribution in [0.5, 0.6) is 0 Å². The summed E-state index contributed by atoms with van der Waals surface area (Å²) in [5, 5.41) is 12.3. The summed E-state index contributed by atoms with van der Waals surface area (Å²) in [5.74, 6) is 0. The molecule has 0 bridgehead atoms. The summed E-state index contributed by atoms with van der Waals surface area (Å²) in [6, 6.07) is 50.6. The molecule has 0 aliphatic carbocycles. The predicted octanol–water partition coefficient (Wildman–Crippen LogP) is 14.5. The molecule has 0 amide bonds. The Kier molecular flexibility index (Phi) is 6.42. The molecule has 1 nitrogen and oxygen atoms in total. The number of fused-ring (bicyclic) bond motifs is 11. The minimum absolute atomic E-state index is 0.932. The molecule has 2 heteroatoms. The van der Waals surface area contributed by atoms with Gasteiger partial charge in [-0.15, -0.1) is 11.3 Å². The van der Waals surface area contributed by atoms with Crippen molar-refractivity contribution in [3.8, 4) is 22.3 Å². The second-order valence-electron chi connectivity index (χ2n) is 12.9. The summed E-state index contributed by atoms with van der Waals surface area (Å²) in [7, 11) is 0. The monoisotopic (exact) mass is 654 g/mol. The maximum absolute atomic E-state index is 6.27. The van der Waals surface area contributed by atoms with Crippen LogP contribution >= 0.6 is 11.3 Å². The van der Waals surface area contributed by atoms with E-state index < -0.39 is 0 Å². The predicted molar refractivity (Wildman–Crippen MR) is 218 cm³/mol. The Balaban J connectivity index is 1.12. The van der Waals surface area contributed by atoms with Crippen LogP contribution in [0.15, 0.2) is 175 Å². The fourth-order valence-corrected chi connectivity index (χ4v) is 9.16. The molecule has 234 valence electrons. The number of rotatable bonds is 5. The molecule has 10 rings (SSSR count). The molecule has 0 saturated heterocycles. The Morgan fingerprint density at radius 2 is 1.18 bits per heavy atom. The van der Waals surface area contributed by atoms with Gasteiger partial charge in [-0.3, -0.25) is 0 Å². The molecule has 8 aromatic carbocycles. The molecule has 0 aliphatic heterocycles. The van der Waals surface area contributed by atoms with Gasteiger partial charge in [0, 0.05) is 36.3 Å². The quantitative estimate of drug-likeness (QED) is 0.133. The van der Waals surface area contributed by atoms with Gasteiger partial charge < -0.3 is 4.42 Å². The van der Waals surface area contributed by atoms with E-state index >= 15 is 0 Å². The third kappa shape index (κ3) is 4.26. The van der Waals surface area contributed by atoms with Gasteiger partial charge in [0.05, 0.1) is 0 Å². The van der Waals surface area contributed by atoms with E-state index in [1.807, 2.05) is 29.6 Å². The summed E-state index contributed by atoms with van der Waals surface area (Å²) in [6.07, 6.45) is 5.80. The van der Waals surface area contributed by atoms with Crippen LogP contribution in [0.25, 0.3) is 102 Å². The number of allylic oxidation sites excluding steroid dienone is 4. The molecule has 2 heterocycles. The van der Waals surface area contributed by atoms with Crippen LogP contribution in [0, 0.1) is 0 Å². The second-order valence-corrected chi connectivity index (χ2v) is 14.0. The van der Waals surface area contributed by atoms with Crippen LogP contribution in [0.3, 0.4) is 0 Å². The van der Waals surface area contributed by atoms with Crippen LogP contribution in [0.4, 0.5) is 0 Å². The molecule has 0 spiro atoms. The van der Waals surface area contributed by atoms with Crippen molar-refractivity contribution < 1.29 is 4.42 Å². The molecule has 0 radical (unpaired) electrons. The van der Waals surface area contributed by atoms with Crippen molar-refractivity contribution in [2.24, 2.45) is 0 Å². The Labute approximate surface area is 293 Å². The molecule has 0 N–H and O–H groups in total. The van der Waals surface area contributed by atoms with Crippen molar-refractivity contribution in [3.05, 3.63) is 176 Å². The zero-order chi connectivity index (χ0) is 33.3. The summed E-state index contributed by atoms with van der Waals surface area (Å²) < 4.78 is 8.88. The first-order valence-corrected chi connectivity index (χ1v) is 17.7. The summed E-state index contributed by atoms with van der Waals surface area (Å²) in [4.78, 5) is 0. The zero-order valence-corrected chi connectivity index (χ0v) is 28.1. The number of para-hydroxylation sites is 1. The third-order valence-electron chi connectivity index (χ3n) is 10.2. The van der Waals surface area contributed by atoms with Crippen molar-refractivity contribution in [3.63, 3.8) is 0 Å². The van der Waals surface area contributed by atoms with E-state index in [1.165, 1.54) is 91.1 Å². The number of hydrogen-bond donors (Lipinski definition) is 0. The lowest BCUT2D eigenvalue weighted by molar-refractivity contribution is 0.669. The highest BCUT2D eigenvalue weighted by atomic mass is 32.1. The number of hydrogen-bond acceptors (Lipinski definition) is 2. The molecular formula is C48H30OS. The van der Waals surface area contributed by atoms with E-state index in [-0.39, 0.29) is 0 Å². The Hall–Kier alpha value is -6.22. The number of benzene rings is 8. The Morgan fingerprint density at radius 1 is 0.540 bits per heavy atom. The van der Waals surface area contributed by atoms with Gasteiger partial charge in [-0.2, -0.15) is 0 Å². The second kappa shape index (κ2) is 11.2. The van der Waals surface area contributed by atoms with Crippen molar-refractivity contribution in [2.45, 2.75) is 0 Å². The molecule has 0 atom stereocenters. The fraction of sp³-hybridized carbons (Fsp3) is 0. The standard InChI is InChI=1S/C48H30OS/c1-3-4-11-29(2)44-34-12-5-7-14-36(34)45(37-15-8-6-13-35(37)44)31-20-18-30(19-21-31)33-24-27-43-40(28-33)38-25-22-32-23-26-42-47(46(32)48(38)50-43)39-16-9-10-17-41(39)49-42/h3-28H,1-2H2/b11-4-. The van der Waals surface area contributed by atoms with E-state index in [1.54, 1.807) is 6.08 Å². The summed E-state index contributed by atoms with van der Waals surface area (Å²) >= 11 is 1.87. The minimum Gasteiger partial charge on any atom is -0.456 e. The van der Waals surface area contributed by atoms with Crippen molar-refractivity contribution in [1.82, 2.24) is 0 Å². The van der Waals surface area contributed by atoms with Crippen LogP contribution in [0.2, 0.25) is 0 Å². The molecule has 0 unspecified atom stereocenters. The van der Waals surface area contributed by atoms with E-state index in [4.69, 9.17) is 4.42 Å². The van der Waals surface area contributed by atoms with Gasteiger partial charge in [0.15, 0.2) is 0 Å². The first kappa shape index (κ1) is 28.8. The highest BCUT2D eigenvalue weighted by Gasteiger charge is 2.18. The third-order valence-corrected chi connectivity index (χ3v) is 11.4. The number of furan rings is 1. The Bertz CT molecular complexity index is 3000. The molecule has 0 saturated carbocycles. The smallest absolute Gasteiger partial charge is 0.136 e. The maximum Gasteiger partial charge on any atom is 0.136 e. The topological polar surface area (TPSA) is 13.1 Å². The maximum atomic E-state index is 6.27. The molecule has 0 fully saturated rings. The van der Waals surface area contributed by atoms with Gasteiger partial charge in [0.2, 0.25) is 0 Å². The highest BCUT2D eigenvalue weighted by molar-refractivity contribution is 7.26. The highest BCUT2D eigenvalue weighted by Crippen LogP contribution is 2.45. The van der Waals surface area contributed by atoms with E-state index in [0.717, 1.165) is 16.7 Å². The normalized spacial score (nSPS) is 12.1. The molecular weight excluding hydrogens is 625 g/mol. The van der Waals surface area contributed by atoms with Crippen LogP contribution < -0.4 is 0 Å². The number of thiophene rings is 1. The molecule has 50 heavy (non-hydrogen) atoms. The SMILES string of the molecule is C=C/C=C\C(=C)c1c2ccccc2c(-c2ccc(-c3ccc4sc5c(ccc6ccc7oc8ccccc8c7c65)c4c3)cc2)c2ccccc12. The average molecular weight is 655 g/mol. The lowest BCUT2D eigenvalue weighted by Gasteiger charge is -2.18. The first-order valence-electron chi connectivity index (χ1n) is 16.9. The van der Waals surface area contributed by atoms with Crippen LogP contribution in [0.1, 0.15) is 5.56 Å². The van der Waals surface area contributed by atoms with Crippen molar-refractivity contribution >= 4 is 91.3 Å². The van der Waals surface area contributed by atoms with Gasteiger partial charge >= 0.3 is 0 Å². The molecule has 10 aromatic rings.